The first kappa shape index (κ1) is 16.8. The molecule has 1 aliphatic carbocycles. The summed E-state index contributed by atoms with van der Waals surface area (Å²) in [6.45, 7) is 1.34. The van der Waals surface area contributed by atoms with E-state index in [0.29, 0.717) is 12.4 Å². The van der Waals surface area contributed by atoms with Crippen molar-refractivity contribution < 1.29 is 8.42 Å². The molecule has 2 heterocycles. The number of hydrogen-bond acceptors (Lipinski definition) is 5. The van der Waals surface area contributed by atoms with Crippen LogP contribution in [0.15, 0.2) is 12.3 Å². The van der Waals surface area contributed by atoms with Crippen LogP contribution < -0.4 is 0 Å². The number of hydrogen-bond donors (Lipinski definition) is 0. The molecular formula is C16H26N4O2S. The van der Waals surface area contributed by atoms with Crippen LogP contribution in [-0.4, -0.2) is 53.5 Å². The monoisotopic (exact) mass is 338 g/mol. The summed E-state index contributed by atoms with van der Waals surface area (Å²) >= 11 is 0. The molecule has 0 N–H and O–H groups in total. The van der Waals surface area contributed by atoms with Crippen molar-refractivity contribution >= 4 is 10.0 Å². The molecule has 0 aromatic carbocycles. The molecule has 1 aliphatic heterocycles. The van der Waals surface area contributed by atoms with Crippen LogP contribution in [0.25, 0.3) is 0 Å². The Labute approximate surface area is 139 Å². The van der Waals surface area contributed by atoms with Crippen LogP contribution in [0.3, 0.4) is 0 Å². The topological polar surface area (TPSA) is 66.4 Å². The van der Waals surface area contributed by atoms with Gasteiger partial charge in [0.15, 0.2) is 0 Å². The predicted molar refractivity (Wildman–Crippen MR) is 89.3 cm³/mol. The van der Waals surface area contributed by atoms with Crippen molar-refractivity contribution in [3.8, 4) is 0 Å². The predicted octanol–water partition coefficient (Wildman–Crippen LogP) is 1.95. The number of rotatable bonds is 5. The molecule has 6 nitrogen and oxygen atoms in total. The van der Waals surface area contributed by atoms with E-state index in [4.69, 9.17) is 0 Å². The summed E-state index contributed by atoms with van der Waals surface area (Å²) in [5, 5.41) is -0.201. The molecule has 2 aliphatic rings. The maximum atomic E-state index is 12.9. The molecule has 1 unspecified atom stereocenters. The Balaban J connectivity index is 1.84. The van der Waals surface area contributed by atoms with Crippen molar-refractivity contribution in [1.82, 2.24) is 19.2 Å². The first-order valence-corrected chi connectivity index (χ1v) is 9.96. The largest absolute Gasteiger partial charge is 0.304 e. The molecule has 0 bridgehead atoms. The van der Waals surface area contributed by atoms with Gasteiger partial charge in [0.1, 0.15) is 5.82 Å². The van der Waals surface area contributed by atoms with Crippen LogP contribution in [-0.2, 0) is 16.6 Å². The molecule has 128 valence electrons. The minimum atomic E-state index is -3.23. The lowest BCUT2D eigenvalue weighted by molar-refractivity contribution is 0.369. The SMILES string of the molecule is CN(C)Cc1ccnc(C2CCCN2S(=O)(=O)C2CCCC2)n1. The van der Waals surface area contributed by atoms with Crippen molar-refractivity contribution in [1.29, 1.82) is 0 Å². The Bertz CT molecular complexity index is 641. The molecule has 0 radical (unpaired) electrons. The van der Waals surface area contributed by atoms with Gasteiger partial charge in [-0.05, 0) is 45.8 Å². The average Bonchev–Trinajstić information content (AvgIpc) is 3.19. The van der Waals surface area contributed by atoms with Gasteiger partial charge in [-0.3, -0.25) is 0 Å². The van der Waals surface area contributed by atoms with E-state index in [-0.39, 0.29) is 11.3 Å². The van der Waals surface area contributed by atoms with Gasteiger partial charge < -0.3 is 4.90 Å². The molecule has 0 spiro atoms. The Morgan fingerprint density at radius 1 is 1.22 bits per heavy atom. The summed E-state index contributed by atoms with van der Waals surface area (Å²) < 4.78 is 27.6. The van der Waals surface area contributed by atoms with Gasteiger partial charge in [0.2, 0.25) is 10.0 Å². The highest BCUT2D eigenvalue weighted by Gasteiger charge is 2.41. The van der Waals surface area contributed by atoms with E-state index >= 15 is 0 Å². The second-order valence-electron chi connectivity index (χ2n) is 6.86. The Kier molecular flexibility index (Phi) is 4.98. The third-order valence-corrected chi connectivity index (χ3v) is 7.17. The zero-order valence-electron chi connectivity index (χ0n) is 14.0. The third-order valence-electron chi connectivity index (χ3n) is 4.76. The average molecular weight is 338 g/mol. The fraction of sp³-hybridized carbons (Fsp3) is 0.750. The molecule has 2 fully saturated rings. The van der Waals surface area contributed by atoms with E-state index in [1.807, 2.05) is 25.1 Å². The van der Waals surface area contributed by atoms with E-state index in [1.165, 1.54) is 0 Å². The summed E-state index contributed by atoms with van der Waals surface area (Å²) in [4.78, 5) is 11.1. The van der Waals surface area contributed by atoms with Gasteiger partial charge in [-0.25, -0.2) is 18.4 Å². The van der Waals surface area contributed by atoms with Crippen molar-refractivity contribution in [2.24, 2.45) is 0 Å². The summed E-state index contributed by atoms with van der Waals surface area (Å²) in [6.07, 6.45) is 7.10. The van der Waals surface area contributed by atoms with E-state index in [9.17, 15) is 8.42 Å². The molecular weight excluding hydrogens is 312 g/mol. The van der Waals surface area contributed by atoms with Crippen molar-refractivity contribution in [2.45, 2.75) is 56.4 Å². The molecule has 0 amide bonds. The number of nitrogens with zero attached hydrogens (tertiary/aromatic N) is 4. The molecule has 1 saturated carbocycles. The smallest absolute Gasteiger partial charge is 0.217 e. The van der Waals surface area contributed by atoms with Gasteiger partial charge in [-0.1, -0.05) is 12.8 Å². The quantitative estimate of drug-likeness (QED) is 0.821. The highest BCUT2D eigenvalue weighted by molar-refractivity contribution is 7.89. The standard InChI is InChI=1S/C16H26N4O2S/c1-19(2)12-13-9-10-17-16(18-13)15-8-5-11-20(15)23(21,22)14-6-3-4-7-14/h9-10,14-15H,3-8,11-12H2,1-2H3. The van der Waals surface area contributed by atoms with E-state index < -0.39 is 10.0 Å². The van der Waals surface area contributed by atoms with Gasteiger partial charge in [-0.2, -0.15) is 4.31 Å². The van der Waals surface area contributed by atoms with Crippen LogP contribution in [0.4, 0.5) is 0 Å². The van der Waals surface area contributed by atoms with Crippen LogP contribution in [0.5, 0.6) is 0 Å². The minimum absolute atomic E-state index is 0.192. The zero-order valence-corrected chi connectivity index (χ0v) is 14.8. The van der Waals surface area contributed by atoms with Gasteiger partial charge in [0.25, 0.3) is 0 Å². The Morgan fingerprint density at radius 2 is 1.96 bits per heavy atom. The normalized spacial score (nSPS) is 23.9. The lowest BCUT2D eigenvalue weighted by Crippen LogP contribution is -2.37. The second-order valence-corrected chi connectivity index (χ2v) is 9.03. The van der Waals surface area contributed by atoms with Crippen LogP contribution in [0.1, 0.15) is 56.1 Å². The highest BCUT2D eigenvalue weighted by Crippen LogP contribution is 2.37. The summed E-state index contributed by atoms with van der Waals surface area (Å²) in [7, 11) is 0.760. The zero-order chi connectivity index (χ0) is 16.4. The van der Waals surface area contributed by atoms with Crippen molar-refractivity contribution in [3.05, 3.63) is 23.8 Å². The van der Waals surface area contributed by atoms with Gasteiger partial charge in [-0.15, -0.1) is 0 Å². The fourth-order valence-electron chi connectivity index (χ4n) is 3.67. The maximum Gasteiger partial charge on any atom is 0.217 e. The number of sulfonamides is 1. The Hall–Kier alpha value is -1.05. The number of aromatic nitrogens is 2. The van der Waals surface area contributed by atoms with Crippen LogP contribution in [0.2, 0.25) is 0 Å². The van der Waals surface area contributed by atoms with Crippen LogP contribution >= 0.6 is 0 Å². The Morgan fingerprint density at radius 3 is 2.65 bits per heavy atom. The highest BCUT2D eigenvalue weighted by atomic mass is 32.2. The molecule has 23 heavy (non-hydrogen) atoms. The minimum Gasteiger partial charge on any atom is -0.304 e. The summed E-state index contributed by atoms with van der Waals surface area (Å²) in [5.74, 6) is 0.656. The molecule has 1 aromatic heterocycles. The first-order chi connectivity index (χ1) is 11.0. The molecule has 1 aromatic rings. The molecule has 1 atom stereocenters. The van der Waals surface area contributed by atoms with E-state index in [0.717, 1.165) is 50.8 Å². The van der Waals surface area contributed by atoms with Crippen molar-refractivity contribution in [3.63, 3.8) is 0 Å². The van der Waals surface area contributed by atoms with Gasteiger partial charge >= 0.3 is 0 Å². The van der Waals surface area contributed by atoms with Gasteiger partial charge in [0.05, 0.1) is 17.0 Å². The lowest BCUT2D eigenvalue weighted by atomic mass is 10.2. The summed E-state index contributed by atoms with van der Waals surface area (Å²) in [5.41, 5.74) is 0.935. The first-order valence-electron chi connectivity index (χ1n) is 8.45. The fourth-order valence-corrected chi connectivity index (χ4v) is 5.92. The summed E-state index contributed by atoms with van der Waals surface area (Å²) in [6, 6.07) is 1.71. The molecule has 1 saturated heterocycles. The van der Waals surface area contributed by atoms with E-state index in [2.05, 4.69) is 9.97 Å². The maximum absolute atomic E-state index is 12.9. The van der Waals surface area contributed by atoms with Crippen LogP contribution in [0, 0.1) is 0 Å². The second kappa shape index (κ2) is 6.83. The molecule has 7 heteroatoms. The lowest BCUT2D eigenvalue weighted by Gasteiger charge is -2.26. The van der Waals surface area contributed by atoms with Crippen molar-refractivity contribution in [2.75, 3.05) is 20.6 Å². The van der Waals surface area contributed by atoms with Gasteiger partial charge in [0, 0.05) is 19.3 Å². The van der Waals surface area contributed by atoms with E-state index in [1.54, 1.807) is 10.5 Å². The third kappa shape index (κ3) is 3.56. The molecule has 3 rings (SSSR count).